The molecule has 7 heteroatoms. The number of nitrogen functional groups attached to an aromatic ring is 1. The minimum absolute atomic E-state index is 0.000431. The number of nitriles is 1. The van der Waals surface area contributed by atoms with Crippen LogP contribution in [-0.2, 0) is 0 Å². The van der Waals surface area contributed by atoms with E-state index in [4.69, 9.17) is 10.5 Å². The van der Waals surface area contributed by atoms with Crippen molar-refractivity contribution in [1.29, 1.82) is 5.26 Å². The maximum absolute atomic E-state index is 12.7. The van der Waals surface area contributed by atoms with Crippen LogP contribution in [0.2, 0.25) is 0 Å². The van der Waals surface area contributed by atoms with Gasteiger partial charge >= 0.3 is 0 Å². The number of H-pyrrole nitrogens is 1. The summed E-state index contributed by atoms with van der Waals surface area (Å²) in [4.78, 5) is 24.2. The van der Waals surface area contributed by atoms with Gasteiger partial charge in [0.15, 0.2) is 0 Å². The Morgan fingerprint density at radius 3 is 2.44 bits per heavy atom. The van der Waals surface area contributed by atoms with Crippen molar-refractivity contribution in [2.45, 2.75) is 13.8 Å². The lowest BCUT2D eigenvalue weighted by atomic mass is 10.0. The summed E-state index contributed by atoms with van der Waals surface area (Å²) in [6.07, 6.45) is 3.36. The third-order valence-corrected chi connectivity index (χ3v) is 4.77. The number of aromatic amines is 1. The Bertz CT molecular complexity index is 1350. The zero-order valence-corrected chi connectivity index (χ0v) is 17.7. The summed E-state index contributed by atoms with van der Waals surface area (Å²) in [6.45, 7) is 3.77. The molecule has 0 amide bonds. The highest BCUT2D eigenvalue weighted by Gasteiger charge is 2.20. The summed E-state index contributed by atoms with van der Waals surface area (Å²) in [5, 5.41) is 9.93. The number of nitrogens with one attached hydrogen (secondary N) is 1. The Balaban J connectivity index is 1.65. The fraction of sp³-hybridized carbons (Fsp3) is 0.120. The second-order valence-electron chi connectivity index (χ2n) is 7.56. The van der Waals surface area contributed by atoms with Crippen molar-refractivity contribution in [3.8, 4) is 28.7 Å². The molecule has 32 heavy (non-hydrogen) atoms. The molecule has 3 N–H and O–H groups in total. The van der Waals surface area contributed by atoms with Crippen LogP contribution < -0.4 is 10.5 Å². The second kappa shape index (κ2) is 8.74. The lowest BCUT2D eigenvalue weighted by Crippen LogP contribution is -2.10. The molecule has 0 bridgehead atoms. The third kappa shape index (κ3) is 4.20. The molecular weight excluding hydrogens is 402 g/mol. The SMILES string of the molecule is CC(C)C=C(C#N)C(=O)c1nc(N)c2c(-c3ccc(Oc4ccccc4)cc3)c[nH]c2n1. The van der Waals surface area contributed by atoms with E-state index in [2.05, 4.69) is 15.0 Å². The molecule has 2 aromatic carbocycles. The van der Waals surface area contributed by atoms with Gasteiger partial charge in [-0.25, -0.2) is 9.97 Å². The van der Waals surface area contributed by atoms with E-state index in [0.29, 0.717) is 16.8 Å². The number of rotatable bonds is 6. The topological polar surface area (TPSA) is 118 Å². The number of anilines is 1. The molecule has 0 spiro atoms. The van der Waals surface area contributed by atoms with E-state index in [0.717, 1.165) is 16.9 Å². The molecule has 0 radical (unpaired) electrons. The van der Waals surface area contributed by atoms with Crippen LogP contribution in [0.25, 0.3) is 22.2 Å². The maximum atomic E-state index is 12.7. The van der Waals surface area contributed by atoms with E-state index in [1.807, 2.05) is 74.5 Å². The average Bonchev–Trinajstić information content (AvgIpc) is 3.23. The van der Waals surface area contributed by atoms with Gasteiger partial charge in [-0.15, -0.1) is 0 Å². The van der Waals surface area contributed by atoms with E-state index in [-0.39, 0.29) is 23.1 Å². The number of benzene rings is 2. The Morgan fingerprint density at radius 1 is 1.09 bits per heavy atom. The van der Waals surface area contributed by atoms with Crippen LogP contribution in [0.4, 0.5) is 5.82 Å². The molecular formula is C25H21N5O2. The molecule has 0 fully saturated rings. The minimum Gasteiger partial charge on any atom is -0.457 e. The number of nitrogens with two attached hydrogens (primary N) is 1. The predicted molar refractivity (Wildman–Crippen MR) is 123 cm³/mol. The number of Topliss-reactive ketones (excluding diaryl/α,β-unsaturated/α-hetero) is 1. The Kier molecular flexibility index (Phi) is 5.69. The number of allylic oxidation sites excluding steroid dienone is 2. The predicted octanol–water partition coefficient (Wildman–Crippen LogP) is 5.29. The number of para-hydroxylation sites is 1. The number of hydrogen-bond donors (Lipinski definition) is 2. The summed E-state index contributed by atoms with van der Waals surface area (Å²) in [5.41, 5.74) is 8.33. The Morgan fingerprint density at radius 2 is 1.78 bits per heavy atom. The quantitative estimate of drug-likeness (QED) is 0.247. The van der Waals surface area contributed by atoms with Crippen LogP contribution in [0.1, 0.15) is 24.5 Å². The number of fused-ring (bicyclic) bond motifs is 1. The lowest BCUT2D eigenvalue weighted by Gasteiger charge is -2.07. The van der Waals surface area contributed by atoms with Crippen LogP contribution in [0, 0.1) is 17.2 Å². The number of hydrogen-bond acceptors (Lipinski definition) is 6. The van der Waals surface area contributed by atoms with Gasteiger partial charge in [0, 0.05) is 11.8 Å². The molecule has 0 saturated carbocycles. The third-order valence-electron chi connectivity index (χ3n) is 4.77. The van der Waals surface area contributed by atoms with Crippen LogP contribution in [0.5, 0.6) is 11.5 Å². The first-order valence-electron chi connectivity index (χ1n) is 10.1. The lowest BCUT2D eigenvalue weighted by molar-refractivity contribution is 0.102. The summed E-state index contributed by atoms with van der Waals surface area (Å²) in [7, 11) is 0. The number of ether oxygens (including phenoxy) is 1. The largest absolute Gasteiger partial charge is 0.457 e. The fourth-order valence-electron chi connectivity index (χ4n) is 3.33. The van der Waals surface area contributed by atoms with Gasteiger partial charge < -0.3 is 15.5 Å². The summed E-state index contributed by atoms with van der Waals surface area (Å²) < 4.78 is 5.84. The summed E-state index contributed by atoms with van der Waals surface area (Å²) in [5.74, 6) is 1.02. The first-order chi connectivity index (χ1) is 15.5. The molecule has 158 valence electrons. The minimum atomic E-state index is -0.548. The van der Waals surface area contributed by atoms with E-state index < -0.39 is 5.78 Å². The van der Waals surface area contributed by atoms with Gasteiger partial charge in [0.05, 0.1) is 11.0 Å². The van der Waals surface area contributed by atoms with Crippen LogP contribution in [-0.4, -0.2) is 20.7 Å². The fourth-order valence-corrected chi connectivity index (χ4v) is 3.33. The van der Waals surface area contributed by atoms with E-state index in [1.54, 1.807) is 12.3 Å². The van der Waals surface area contributed by atoms with Crippen molar-refractivity contribution in [2.24, 2.45) is 5.92 Å². The standard InChI is InChI=1S/C25H21N5O2/c1-15(2)12-17(13-26)22(31)25-29-23(27)21-20(14-28-24(21)30-25)16-8-10-19(11-9-16)32-18-6-4-3-5-7-18/h3-12,14-15H,1-2H3,(H3,27,28,29,30). The Labute approximate surface area is 185 Å². The molecule has 7 nitrogen and oxygen atoms in total. The molecule has 0 aliphatic heterocycles. The molecule has 2 heterocycles. The number of ketones is 1. The van der Waals surface area contributed by atoms with Crippen LogP contribution >= 0.6 is 0 Å². The van der Waals surface area contributed by atoms with Crippen molar-refractivity contribution in [3.05, 3.63) is 78.3 Å². The average molecular weight is 423 g/mol. The maximum Gasteiger partial charge on any atom is 0.240 e. The van der Waals surface area contributed by atoms with E-state index in [1.165, 1.54) is 0 Å². The normalized spacial score (nSPS) is 11.5. The highest BCUT2D eigenvalue weighted by Crippen LogP contribution is 2.33. The number of aromatic nitrogens is 3. The van der Waals surface area contributed by atoms with Crippen molar-refractivity contribution in [2.75, 3.05) is 5.73 Å². The van der Waals surface area contributed by atoms with Gasteiger partial charge in [-0.3, -0.25) is 4.79 Å². The first-order valence-corrected chi connectivity index (χ1v) is 10.1. The van der Waals surface area contributed by atoms with Gasteiger partial charge in [-0.2, -0.15) is 5.26 Å². The van der Waals surface area contributed by atoms with Gasteiger partial charge in [0.1, 0.15) is 29.0 Å². The Hall–Kier alpha value is -4.44. The zero-order valence-electron chi connectivity index (χ0n) is 17.7. The van der Waals surface area contributed by atoms with Gasteiger partial charge in [-0.1, -0.05) is 50.3 Å². The van der Waals surface area contributed by atoms with Gasteiger partial charge in [-0.05, 0) is 35.7 Å². The second-order valence-corrected chi connectivity index (χ2v) is 7.56. The van der Waals surface area contributed by atoms with Crippen LogP contribution in [0.15, 0.2) is 72.4 Å². The highest BCUT2D eigenvalue weighted by atomic mass is 16.5. The van der Waals surface area contributed by atoms with Gasteiger partial charge in [0.25, 0.3) is 0 Å². The van der Waals surface area contributed by atoms with E-state index >= 15 is 0 Å². The van der Waals surface area contributed by atoms with Crippen LogP contribution in [0.3, 0.4) is 0 Å². The molecule has 2 aromatic heterocycles. The molecule has 0 aliphatic rings. The smallest absolute Gasteiger partial charge is 0.240 e. The molecule has 4 rings (SSSR count). The summed E-state index contributed by atoms with van der Waals surface area (Å²) in [6, 6.07) is 19.0. The van der Waals surface area contributed by atoms with Crippen molar-refractivity contribution < 1.29 is 9.53 Å². The highest BCUT2D eigenvalue weighted by molar-refractivity contribution is 6.11. The molecule has 0 unspecified atom stereocenters. The number of carbonyl (C=O) groups excluding carboxylic acids is 1. The molecule has 0 aliphatic carbocycles. The van der Waals surface area contributed by atoms with E-state index in [9.17, 15) is 10.1 Å². The van der Waals surface area contributed by atoms with Crippen molar-refractivity contribution in [3.63, 3.8) is 0 Å². The molecule has 0 atom stereocenters. The van der Waals surface area contributed by atoms with Crippen molar-refractivity contribution >= 4 is 22.6 Å². The van der Waals surface area contributed by atoms with Crippen molar-refractivity contribution in [1.82, 2.24) is 15.0 Å². The number of nitrogens with zero attached hydrogens (tertiary/aromatic N) is 3. The summed E-state index contributed by atoms with van der Waals surface area (Å²) >= 11 is 0. The van der Waals surface area contributed by atoms with Gasteiger partial charge in [0.2, 0.25) is 11.6 Å². The monoisotopic (exact) mass is 423 g/mol. The molecule has 0 saturated heterocycles. The molecule has 4 aromatic rings. The number of carbonyl (C=O) groups is 1. The zero-order chi connectivity index (χ0) is 22.7. The first kappa shape index (κ1) is 20.8.